The second-order valence-corrected chi connectivity index (χ2v) is 8.79. The minimum atomic E-state index is -1.00. The molecule has 4 aromatic rings. The lowest BCUT2D eigenvalue weighted by Crippen LogP contribution is -2.20. The number of hydrogen-bond donors (Lipinski definition) is 2. The molecule has 4 rings (SSSR count). The van der Waals surface area contributed by atoms with Crippen LogP contribution in [0.1, 0.15) is 33.0 Å². The fraction of sp³-hybridized carbons (Fsp3) is 0.107. The molecule has 1 heterocycles. The number of pyridine rings is 1. The van der Waals surface area contributed by atoms with Crippen LogP contribution in [0.5, 0.6) is 0 Å². The van der Waals surface area contributed by atoms with E-state index in [0.717, 1.165) is 16.7 Å². The van der Waals surface area contributed by atoms with Crippen molar-refractivity contribution in [1.82, 2.24) is 4.57 Å². The van der Waals surface area contributed by atoms with E-state index < -0.39 is 17.7 Å². The molecule has 0 aliphatic carbocycles. The maximum absolute atomic E-state index is 15.1. The van der Waals surface area contributed by atoms with Crippen molar-refractivity contribution in [3.05, 3.63) is 129 Å². The van der Waals surface area contributed by atoms with Gasteiger partial charge in [-0.1, -0.05) is 65.3 Å². The number of benzene rings is 3. The number of aromatic nitrogens is 1. The maximum Gasteiger partial charge on any atom is 0.335 e. The summed E-state index contributed by atoms with van der Waals surface area (Å²) in [4.78, 5) is 22.9. The van der Waals surface area contributed by atoms with Gasteiger partial charge in [0.15, 0.2) is 0 Å². The predicted molar refractivity (Wildman–Crippen MR) is 137 cm³/mol. The van der Waals surface area contributed by atoms with E-state index in [-0.39, 0.29) is 33.8 Å². The Labute approximate surface area is 211 Å². The average Bonchev–Trinajstić information content (AvgIpc) is 2.87. The smallest absolute Gasteiger partial charge is 0.335 e. The van der Waals surface area contributed by atoms with Crippen LogP contribution >= 0.6 is 11.6 Å². The van der Waals surface area contributed by atoms with E-state index in [2.05, 4.69) is 5.16 Å². The number of aryl methyl sites for hydroxylation is 1. The third-order valence-corrected chi connectivity index (χ3v) is 6.21. The molecular formula is C28H22ClFN2O4. The summed E-state index contributed by atoms with van der Waals surface area (Å²) in [7, 11) is 1.62. The Hall–Kier alpha value is -4.23. The van der Waals surface area contributed by atoms with Gasteiger partial charge >= 0.3 is 5.97 Å². The summed E-state index contributed by atoms with van der Waals surface area (Å²) in [5, 5.41) is 22.9. The summed E-state index contributed by atoms with van der Waals surface area (Å²) in [5.74, 6) is -2.27. The largest absolute Gasteiger partial charge is 0.478 e. The zero-order valence-corrected chi connectivity index (χ0v) is 20.0. The third kappa shape index (κ3) is 5.37. The highest BCUT2D eigenvalue weighted by atomic mass is 35.5. The zero-order chi connectivity index (χ0) is 25.8. The molecule has 0 amide bonds. The Morgan fingerprint density at radius 1 is 1.00 bits per heavy atom. The summed E-state index contributed by atoms with van der Waals surface area (Å²) in [6.07, 6.45) is 1.82. The van der Waals surface area contributed by atoms with Crippen molar-refractivity contribution in [2.24, 2.45) is 12.2 Å². The first kappa shape index (κ1) is 24.9. The lowest BCUT2D eigenvalue weighted by molar-refractivity contribution is 0.0697. The van der Waals surface area contributed by atoms with Crippen molar-refractivity contribution < 1.29 is 19.5 Å². The van der Waals surface area contributed by atoms with E-state index >= 15 is 4.39 Å². The van der Waals surface area contributed by atoms with Crippen LogP contribution in [0.25, 0.3) is 11.1 Å². The van der Waals surface area contributed by atoms with Crippen LogP contribution < -0.4 is 5.56 Å². The molecule has 3 aromatic carbocycles. The molecule has 0 saturated heterocycles. The van der Waals surface area contributed by atoms with E-state index in [4.69, 9.17) is 16.7 Å². The van der Waals surface area contributed by atoms with Gasteiger partial charge < -0.3 is 14.9 Å². The van der Waals surface area contributed by atoms with Crippen molar-refractivity contribution in [2.45, 2.75) is 12.3 Å². The van der Waals surface area contributed by atoms with Gasteiger partial charge in [-0.2, -0.15) is 0 Å². The number of rotatable bonds is 7. The van der Waals surface area contributed by atoms with E-state index in [1.54, 1.807) is 43.6 Å². The van der Waals surface area contributed by atoms with Crippen molar-refractivity contribution >= 4 is 23.3 Å². The maximum atomic E-state index is 15.1. The van der Waals surface area contributed by atoms with Crippen molar-refractivity contribution in [3.63, 3.8) is 0 Å². The van der Waals surface area contributed by atoms with Gasteiger partial charge in [-0.25, -0.2) is 9.18 Å². The highest BCUT2D eigenvalue weighted by molar-refractivity contribution is 6.30. The molecule has 36 heavy (non-hydrogen) atoms. The molecule has 0 radical (unpaired) electrons. The van der Waals surface area contributed by atoms with Crippen LogP contribution in [0, 0.1) is 5.82 Å². The summed E-state index contributed by atoms with van der Waals surface area (Å²) >= 11 is 5.97. The summed E-state index contributed by atoms with van der Waals surface area (Å²) in [6.45, 7) is 0. The number of carboxylic acid groups (broad SMARTS) is 1. The third-order valence-electron chi connectivity index (χ3n) is 5.98. The summed E-state index contributed by atoms with van der Waals surface area (Å²) in [6, 6.07) is 21.2. The quantitative estimate of drug-likeness (QED) is 0.190. The van der Waals surface area contributed by atoms with Crippen LogP contribution in [0.3, 0.4) is 0 Å². The van der Waals surface area contributed by atoms with Crippen LogP contribution in [-0.4, -0.2) is 26.6 Å². The van der Waals surface area contributed by atoms with Crippen molar-refractivity contribution in [3.8, 4) is 11.1 Å². The van der Waals surface area contributed by atoms with Gasteiger partial charge in [-0.05, 0) is 46.5 Å². The molecule has 8 heteroatoms. The van der Waals surface area contributed by atoms with E-state index in [1.165, 1.54) is 28.8 Å². The molecular weight excluding hydrogens is 483 g/mol. The number of carbonyl (C=O) groups is 1. The standard InChI is InChI=1S/C28H22ClFN2O4/c1-32-16-17(2-13-26(32)33)14-25(31-36)27(23-12-11-22(29)15-24(23)30)20-7-3-18(4-8-20)19-5-9-21(10-6-19)28(34)35/h2-13,15-16,27,36H,14H2,1H3,(H,34,35)/b31-25+. The SMILES string of the molecule is Cn1cc(C/C(=N\O)C(c2ccc(-c3ccc(C(=O)O)cc3)cc2)c2ccc(Cl)cc2F)ccc1=O. The Balaban J connectivity index is 1.74. The average molecular weight is 505 g/mol. The molecule has 0 aliphatic heterocycles. The lowest BCUT2D eigenvalue weighted by atomic mass is 9.84. The number of carboxylic acids is 1. The van der Waals surface area contributed by atoms with Crippen LogP contribution in [-0.2, 0) is 13.5 Å². The molecule has 6 nitrogen and oxygen atoms in total. The Bertz CT molecular complexity index is 1500. The fourth-order valence-electron chi connectivity index (χ4n) is 4.12. The van der Waals surface area contributed by atoms with E-state index in [9.17, 15) is 14.8 Å². The Kier molecular flexibility index (Phi) is 7.31. The van der Waals surface area contributed by atoms with Crippen molar-refractivity contribution in [2.75, 3.05) is 0 Å². The second kappa shape index (κ2) is 10.6. The van der Waals surface area contributed by atoms with Gasteiger partial charge in [0.25, 0.3) is 0 Å². The number of oxime groups is 1. The number of halogens is 2. The number of aromatic carboxylic acids is 1. The minimum Gasteiger partial charge on any atom is -0.478 e. The Morgan fingerprint density at radius 2 is 1.64 bits per heavy atom. The van der Waals surface area contributed by atoms with Crippen LogP contribution in [0.15, 0.2) is 95.0 Å². The Morgan fingerprint density at radius 3 is 2.19 bits per heavy atom. The van der Waals surface area contributed by atoms with Crippen LogP contribution in [0.2, 0.25) is 5.02 Å². The molecule has 0 aliphatic rings. The predicted octanol–water partition coefficient (Wildman–Crippen LogP) is 5.75. The molecule has 182 valence electrons. The van der Waals surface area contributed by atoms with Gasteiger partial charge in [0.05, 0.1) is 17.2 Å². The molecule has 0 saturated carbocycles. The molecule has 1 aromatic heterocycles. The summed E-state index contributed by atoms with van der Waals surface area (Å²) < 4.78 is 16.5. The monoisotopic (exact) mass is 504 g/mol. The molecule has 0 spiro atoms. The minimum absolute atomic E-state index is 0.173. The van der Waals surface area contributed by atoms with Gasteiger partial charge in [0.2, 0.25) is 5.56 Å². The first-order valence-corrected chi connectivity index (χ1v) is 11.4. The van der Waals surface area contributed by atoms with Gasteiger partial charge in [-0.3, -0.25) is 4.79 Å². The molecule has 0 fully saturated rings. The highest BCUT2D eigenvalue weighted by Gasteiger charge is 2.25. The first-order valence-electron chi connectivity index (χ1n) is 11.0. The summed E-state index contributed by atoms with van der Waals surface area (Å²) in [5.41, 5.74) is 3.65. The number of hydrogen-bond acceptors (Lipinski definition) is 4. The zero-order valence-electron chi connectivity index (χ0n) is 19.2. The molecule has 1 unspecified atom stereocenters. The second-order valence-electron chi connectivity index (χ2n) is 8.36. The van der Waals surface area contributed by atoms with Crippen molar-refractivity contribution in [1.29, 1.82) is 0 Å². The number of nitrogens with zero attached hydrogens (tertiary/aromatic N) is 2. The molecule has 2 N–H and O–H groups in total. The van der Waals surface area contributed by atoms with E-state index in [0.29, 0.717) is 5.56 Å². The first-order chi connectivity index (χ1) is 17.3. The van der Waals surface area contributed by atoms with Gasteiger partial charge in [0.1, 0.15) is 5.82 Å². The highest BCUT2D eigenvalue weighted by Crippen LogP contribution is 2.32. The van der Waals surface area contributed by atoms with Gasteiger partial charge in [-0.15, -0.1) is 0 Å². The topological polar surface area (TPSA) is 91.9 Å². The molecule has 0 bridgehead atoms. The lowest BCUT2D eigenvalue weighted by Gasteiger charge is -2.21. The van der Waals surface area contributed by atoms with Gasteiger partial charge in [0, 0.05) is 36.3 Å². The molecule has 1 atom stereocenters. The normalized spacial score (nSPS) is 12.4. The van der Waals surface area contributed by atoms with Crippen LogP contribution in [0.4, 0.5) is 4.39 Å². The fourth-order valence-corrected chi connectivity index (χ4v) is 4.28. The van der Waals surface area contributed by atoms with E-state index in [1.807, 2.05) is 24.3 Å².